The van der Waals surface area contributed by atoms with Gasteiger partial charge in [-0.05, 0) is 47.1 Å². The fourth-order valence-corrected chi connectivity index (χ4v) is 3.11. The predicted octanol–water partition coefficient (Wildman–Crippen LogP) is 3.20. The van der Waals surface area contributed by atoms with Crippen LogP contribution in [0, 0.1) is 0 Å². The average Bonchev–Trinajstić information content (AvgIpc) is 2.91. The highest BCUT2D eigenvalue weighted by molar-refractivity contribution is 9.10. The fraction of sp³-hybridized carbons (Fsp3) is 0.353. The van der Waals surface area contributed by atoms with Crippen LogP contribution in [-0.2, 0) is 6.18 Å². The molecule has 2 N–H and O–H groups in total. The maximum absolute atomic E-state index is 13.4. The smallest absolute Gasteiger partial charge is 0.355 e. The van der Waals surface area contributed by atoms with E-state index in [9.17, 15) is 18.0 Å². The monoisotopic (exact) mass is 442 g/mol. The maximum atomic E-state index is 13.4. The van der Waals surface area contributed by atoms with Gasteiger partial charge in [0.2, 0.25) is 5.78 Å². The molecule has 1 aliphatic rings. The molecule has 1 saturated heterocycles. The van der Waals surface area contributed by atoms with E-state index < -0.39 is 17.5 Å². The van der Waals surface area contributed by atoms with Crippen LogP contribution in [0.1, 0.15) is 28.0 Å². The number of nitrogens with one attached hydrogen (secondary N) is 2. The molecule has 1 fully saturated rings. The highest BCUT2D eigenvalue weighted by Gasteiger charge is 2.33. The number of nitrogens with zero attached hydrogens (tertiary/aromatic N) is 3. The minimum absolute atomic E-state index is 0.103. The third-order valence-electron chi connectivity index (χ3n) is 4.13. The van der Waals surface area contributed by atoms with Gasteiger partial charge < -0.3 is 10.2 Å². The Balaban J connectivity index is 2.07. The lowest BCUT2D eigenvalue weighted by Gasteiger charge is -2.23. The second-order valence-corrected chi connectivity index (χ2v) is 6.98. The van der Waals surface area contributed by atoms with E-state index in [1.165, 1.54) is 12.3 Å². The molecule has 143 valence electrons. The van der Waals surface area contributed by atoms with Gasteiger partial charge >= 0.3 is 6.18 Å². The first kappa shape index (κ1) is 19.6. The van der Waals surface area contributed by atoms with Crippen molar-refractivity contribution in [1.29, 1.82) is 0 Å². The zero-order chi connectivity index (χ0) is 19.6. The average molecular weight is 443 g/mol. The van der Waals surface area contributed by atoms with E-state index in [0.717, 1.165) is 25.1 Å². The number of hydrogen-bond donors (Lipinski definition) is 1. The third kappa shape index (κ3) is 4.56. The Hall–Kier alpha value is -2.20. The first-order chi connectivity index (χ1) is 12.8. The number of rotatable bonds is 3. The van der Waals surface area contributed by atoms with Gasteiger partial charge in [0.1, 0.15) is 11.5 Å². The highest BCUT2D eigenvalue weighted by Crippen LogP contribution is 2.33. The van der Waals surface area contributed by atoms with Crippen LogP contribution in [0.15, 0.2) is 28.9 Å². The quantitative estimate of drug-likeness (QED) is 0.737. The number of anilines is 1. The zero-order valence-corrected chi connectivity index (χ0v) is 15.7. The number of hydrogen-bond acceptors (Lipinski definition) is 5. The van der Waals surface area contributed by atoms with Crippen molar-refractivity contribution in [2.24, 2.45) is 0 Å². The molecule has 10 heteroatoms. The highest BCUT2D eigenvalue weighted by atomic mass is 79.9. The summed E-state index contributed by atoms with van der Waals surface area (Å²) in [4.78, 5) is 22.4. The second-order valence-electron chi connectivity index (χ2n) is 6.07. The standard InChI is InChI=1S/C17H16BrF3N5O/c18-11-8-12(16(22)24-9-11)15(27)13-6-10(17(19,20)21)7-14(25-13)26-4-1-2-23-3-5-26/h6-9,22-23H,1-5H2. The first-order valence-corrected chi connectivity index (χ1v) is 9.02. The van der Waals surface area contributed by atoms with Crippen LogP contribution < -0.4 is 16.0 Å². The molecule has 0 amide bonds. The zero-order valence-electron chi connectivity index (χ0n) is 14.1. The lowest BCUT2D eigenvalue weighted by atomic mass is 10.1. The van der Waals surface area contributed by atoms with Crippen molar-refractivity contribution in [2.45, 2.75) is 12.6 Å². The van der Waals surface area contributed by atoms with Gasteiger partial charge in [0.15, 0.2) is 5.82 Å². The van der Waals surface area contributed by atoms with Gasteiger partial charge in [-0.1, -0.05) is 0 Å². The molecular formula is C17H16BrF3N5O. The van der Waals surface area contributed by atoms with E-state index in [0.29, 0.717) is 24.1 Å². The number of ketones is 1. The molecule has 1 radical (unpaired) electrons. The minimum atomic E-state index is -4.61. The van der Waals surface area contributed by atoms with Crippen molar-refractivity contribution >= 4 is 33.3 Å². The third-order valence-corrected chi connectivity index (χ3v) is 4.57. The largest absolute Gasteiger partial charge is 0.416 e. The van der Waals surface area contributed by atoms with Crippen LogP contribution in [0.2, 0.25) is 0 Å². The molecule has 0 spiro atoms. The number of aromatic nitrogens is 2. The Morgan fingerprint density at radius 1 is 1.22 bits per heavy atom. The summed E-state index contributed by atoms with van der Waals surface area (Å²) in [5, 5.41) is 3.17. The van der Waals surface area contributed by atoms with E-state index in [4.69, 9.17) is 5.73 Å². The molecule has 0 unspecified atom stereocenters. The molecule has 2 aromatic rings. The summed E-state index contributed by atoms with van der Waals surface area (Å²) < 4.78 is 40.6. The van der Waals surface area contributed by atoms with E-state index >= 15 is 0 Å². The molecular weight excluding hydrogens is 427 g/mol. The van der Waals surface area contributed by atoms with Crippen LogP contribution in [0.5, 0.6) is 0 Å². The second kappa shape index (κ2) is 7.81. The van der Waals surface area contributed by atoms with Gasteiger partial charge in [0, 0.05) is 30.3 Å². The molecule has 0 saturated carbocycles. The van der Waals surface area contributed by atoms with Gasteiger partial charge in [-0.2, -0.15) is 13.2 Å². The minimum Gasteiger partial charge on any atom is -0.355 e. The van der Waals surface area contributed by atoms with Crippen molar-refractivity contribution in [3.63, 3.8) is 0 Å². The van der Waals surface area contributed by atoms with Crippen molar-refractivity contribution < 1.29 is 18.0 Å². The van der Waals surface area contributed by atoms with Crippen LogP contribution >= 0.6 is 15.9 Å². The normalized spacial score (nSPS) is 15.5. The van der Waals surface area contributed by atoms with Crippen LogP contribution in [0.3, 0.4) is 0 Å². The Bertz CT molecular complexity index is 851. The van der Waals surface area contributed by atoms with Crippen LogP contribution in [-0.4, -0.2) is 41.9 Å². The number of pyridine rings is 2. The predicted molar refractivity (Wildman–Crippen MR) is 97.1 cm³/mol. The van der Waals surface area contributed by atoms with Gasteiger partial charge in [-0.15, -0.1) is 0 Å². The van der Waals surface area contributed by atoms with Crippen LogP contribution in [0.25, 0.3) is 0 Å². The Morgan fingerprint density at radius 2 is 2.00 bits per heavy atom. The Morgan fingerprint density at radius 3 is 2.74 bits per heavy atom. The van der Waals surface area contributed by atoms with E-state index in [1.54, 1.807) is 4.90 Å². The van der Waals surface area contributed by atoms with Crippen molar-refractivity contribution in [2.75, 3.05) is 31.1 Å². The maximum Gasteiger partial charge on any atom is 0.416 e. The number of alkyl halides is 3. The summed E-state index contributed by atoms with van der Waals surface area (Å²) in [5.74, 6) is -0.983. The van der Waals surface area contributed by atoms with Gasteiger partial charge in [-0.3, -0.25) is 10.5 Å². The SMILES string of the molecule is [NH]c1ncc(Br)cc1C(=O)c1cc(C(F)(F)F)cc(N2CCCNCC2)n1. The van der Waals surface area contributed by atoms with E-state index in [-0.39, 0.29) is 22.9 Å². The molecule has 6 nitrogen and oxygen atoms in total. The topological polar surface area (TPSA) is 81.9 Å². The summed E-state index contributed by atoms with van der Waals surface area (Å²) in [6.45, 7) is 2.42. The lowest BCUT2D eigenvalue weighted by Crippen LogP contribution is -2.29. The van der Waals surface area contributed by atoms with Gasteiger partial charge in [0.25, 0.3) is 0 Å². The molecule has 0 bridgehead atoms. The summed E-state index contributed by atoms with van der Waals surface area (Å²) in [5.41, 5.74) is 6.37. The number of halogens is 4. The molecule has 27 heavy (non-hydrogen) atoms. The number of carbonyl (C=O) groups is 1. The number of carbonyl (C=O) groups excluding carboxylic acids is 1. The Labute approximate surface area is 162 Å². The van der Waals surface area contributed by atoms with Crippen molar-refractivity contribution in [1.82, 2.24) is 21.0 Å². The lowest BCUT2D eigenvalue weighted by molar-refractivity contribution is -0.137. The summed E-state index contributed by atoms with van der Waals surface area (Å²) in [6.07, 6.45) is -2.52. The van der Waals surface area contributed by atoms with Gasteiger partial charge in [-0.25, -0.2) is 9.97 Å². The molecule has 1 aliphatic heterocycles. The first-order valence-electron chi connectivity index (χ1n) is 8.22. The van der Waals surface area contributed by atoms with Crippen molar-refractivity contribution in [3.8, 4) is 0 Å². The van der Waals surface area contributed by atoms with Crippen LogP contribution in [0.4, 0.5) is 24.8 Å². The molecule has 0 aliphatic carbocycles. The Kier molecular flexibility index (Phi) is 5.66. The molecule has 2 aromatic heterocycles. The summed E-state index contributed by atoms with van der Waals surface area (Å²) in [6, 6.07) is 3.04. The fourth-order valence-electron chi connectivity index (χ4n) is 2.78. The molecule has 3 heterocycles. The summed E-state index contributed by atoms with van der Waals surface area (Å²) >= 11 is 3.16. The van der Waals surface area contributed by atoms with Gasteiger partial charge in [0.05, 0.1) is 11.1 Å². The molecule has 3 rings (SSSR count). The molecule has 0 atom stereocenters. The van der Waals surface area contributed by atoms with Crippen molar-refractivity contribution in [3.05, 3.63) is 45.7 Å². The van der Waals surface area contributed by atoms with E-state index in [2.05, 4.69) is 31.2 Å². The van der Waals surface area contributed by atoms with E-state index in [1.807, 2.05) is 0 Å². The summed E-state index contributed by atoms with van der Waals surface area (Å²) in [7, 11) is 0. The molecule has 0 aromatic carbocycles.